The molecular weight excluding hydrogens is 281 g/mol. The molecule has 3 rings (SSSR count). The number of rotatable bonds is 4. The van der Waals surface area contributed by atoms with Crippen LogP contribution < -0.4 is 9.88 Å². The van der Waals surface area contributed by atoms with Gasteiger partial charge in [0, 0.05) is 5.69 Å². The predicted octanol–water partition coefficient (Wildman–Crippen LogP) is 2.81. The monoisotopic (exact) mass is 296 g/mol. The van der Waals surface area contributed by atoms with E-state index >= 15 is 0 Å². The van der Waals surface area contributed by atoms with Crippen LogP contribution in [-0.2, 0) is 11.3 Å². The average Bonchev–Trinajstić information content (AvgIpc) is 2.85. The standard InChI is InChI=1S/C17H14FN3O/c1-2-20-12-21(16-9-4-3-8-15(16)20)11-17(22)19-14-7-5-6-13(18)10-14/h2-10,12H,1,11H2/p+1. The van der Waals surface area contributed by atoms with Crippen molar-refractivity contribution in [2.75, 3.05) is 5.32 Å². The first-order chi connectivity index (χ1) is 10.7. The molecule has 0 aliphatic heterocycles. The molecule has 1 N–H and O–H groups in total. The van der Waals surface area contributed by atoms with Gasteiger partial charge in [-0.05, 0) is 30.3 Å². The summed E-state index contributed by atoms with van der Waals surface area (Å²) in [5.41, 5.74) is 2.34. The van der Waals surface area contributed by atoms with Crippen molar-refractivity contribution in [3.8, 4) is 0 Å². The van der Waals surface area contributed by atoms with Gasteiger partial charge in [-0.25, -0.2) is 13.5 Å². The van der Waals surface area contributed by atoms with Crippen molar-refractivity contribution in [2.45, 2.75) is 6.54 Å². The highest BCUT2D eigenvalue weighted by Gasteiger charge is 2.16. The van der Waals surface area contributed by atoms with E-state index in [1.54, 1.807) is 18.3 Å². The molecule has 0 bridgehead atoms. The van der Waals surface area contributed by atoms with Crippen molar-refractivity contribution in [2.24, 2.45) is 0 Å². The number of carbonyl (C=O) groups is 1. The van der Waals surface area contributed by atoms with Gasteiger partial charge in [-0.3, -0.25) is 4.79 Å². The molecule has 1 heterocycles. The van der Waals surface area contributed by atoms with E-state index in [0.29, 0.717) is 5.69 Å². The number of nitrogens with zero attached hydrogens (tertiary/aromatic N) is 2. The predicted molar refractivity (Wildman–Crippen MR) is 83.5 cm³/mol. The minimum absolute atomic E-state index is 0.137. The Kier molecular flexibility index (Phi) is 3.70. The van der Waals surface area contributed by atoms with Gasteiger partial charge in [-0.2, -0.15) is 0 Å². The largest absolute Gasteiger partial charge is 0.323 e. The third-order valence-corrected chi connectivity index (χ3v) is 3.35. The van der Waals surface area contributed by atoms with Crippen molar-refractivity contribution in [1.29, 1.82) is 0 Å². The summed E-state index contributed by atoms with van der Waals surface area (Å²) in [6.45, 7) is 3.90. The van der Waals surface area contributed by atoms with E-state index in [0.717, 1.165) is 11.0 Å². The van der Waals surface area contributed by atoms with Crippen molar-refractivity contribution in [3.63, 3.8) is 0 Å². The van der Waals surface area contributed by atoms with Crippen LogP contribution in [-0.4, -0.2) is 10.5 Å². The van der Waals surface area contributed by atoms with E-state index in [9.17, 15) is 9.18 Å². The fraction of sp³-hybridized carbons (Fsp3) is 0.0588. The summed E-state index contributed by atoms with van der Waals surface area (Å²) in [6.07, 6.45) is 3.49. The highest BCUT2D eigenvalue weighted by molar-refractivity contribution is 5.90. The molecule has 0 saturated heterocycles. The summed E-state index contributed by atoms with van der Waals surface area (Å²) in [7, 11) is 0. The number of hydrogen-bond acceptors (Lipinski definition) is 1. The molecule has 5 heteroatoms. The van der Waals surface area contributed by atoms with Crippen LogP contribution in [0.15, 0.2) is 61.4 Å². The molecule has 4 nitrogen and oxygen atoms in total. The molecular formula is C17H15FN3O+. The zero-order valence-corrected chi connectivity index (χ0v) is 11.9. The van der Waals surface area contributed by atoms with Gasteiger partial charge >= 0.3 is 0 Å². The lowest BCUT2D eigenvalue weighted by Crippen LogP contribution is -2.39. The molecule has 110 valence electrons. The van der Waals surface area contributed by atoms with Gasteiger partial charge in [-0.1, -0.05) is 24.8 Å². The van der Waals surface area contributed by atoms with Crippen LogP contribution in [0.2, 0.25) is 0 Å². The minimum atomic E-state index is -0.381. The smallest absolute Gasteiger partial charge is 0.266 e. The van der Waals surface area contributed by atoms with Gasteiger partial charge < -0.3 is 5.32 Å². The van der Waals surface area contributed by atoms with Gasteiger partial charge in [0.05, 0.1) is 6.20 Å². The number of fused-ring (bicyclic) bond motifs is 1. The number of hydrogen-bond donors (Lipinski definition) is 1. The van der Waals surface area contributed by atoms with Crippen LogP contribution in [0, 0.1) is 5.82 Å². The molecule has 0 spiro atoms. The van der Waals surface area contributed by atoms with Crippen LogP contribution in [0.25, 0.3) is 17.2 Å². The van der Waals surface area contributed by atoms with Gasteiger partial charge in [-0.15, -0.1) is 0 Å². The van der Waals surface area contributed by atoms with Crippen molar-refractivity contribution in [1.82, 2.24) is 4.57 Å². The Balaban J connectivity index is 1.84. The van der Waals surface area contributed by atoms with Crippen LogP contribution in [0.3, 0.4) is 0 Å². The maximum Gasteiger partial charge on any atom is 0.266 e. The minimum Gasteiger partial charge on any atom is -0.323 e. The fourth-order valence-corrected chi connectivity index (χ4v) is 2.39. The first-order valence-corrected chi connectivity index (χ1v) is 6.84. The van der Waals surface area contributed by atoms with Crippen molar-refractivity contribution < 1.29 is 13.8 Å². The number of aromatic nitrogens is 2. The summed E-state index contributed by atoms with van der Waals surface area (Å²) in [4.78, 5) is 12.1. The summed E-state index contributed by atoms with van der Waals surface area (Å²) >= 11 is 0. The van der Waals surface area contributed by atoms with Gasteiger partial charge in [0.2, 0.25) is 6.33 Å². The molecule has 2 aromatic carbocycles. The summed E-state index contributed by atoms with van der Waals surface area (Å²) in [6, 6.07) is 13.6. The Bertz CT molecular complexity index is 854. The molecule has 0 saturated carbocycles. The number of nitrogens with one attached hydrogen (secondary N) is 1. The van der Waals surface area contributed by atoms with Crippen LogP contribution in [0.1, 0.15) is 0 Å². The average molecular weight is 296 g/mol. The normalized spacial score (nSPS) is 10.6. The molecule has 1 amide bonds. The molecule has 22 heavy (non-hydrogen) atoms. The Morgan fingerprint density at radius 3 is 2.86 bits per heavy atom. The summed E-state index contributed by atoms with van der Waals surface area (Å²) < 4.78 is 16.8. The maximum absolute atomic E-state index is 13.1. The van der Waals surface area contributed by atoms with E-state index < -0.39 is 0 Å². The first kappa shape index (κ1) is 14.0. The molecule has 0 fully saturated rings. The van der Waals surface area contributed by atoms with Gasteiger partial charge in [0.15, 0.2) is 17.6 Å². The van der Waals surface area contributed by atoms with E-state index in [-0.39, 0.29) is 18.3 Å². The second-order valence-corrected chi connectivity index (χ2v) is 4.88. The number of para-hydroxylation sites is 2. The topological polar surface area (TPSA) is 37.9 Å². The molecule has 3 aromatic rings. The molecule has 1 aromatic heterocycles. The molecule has 0 aliphatic rings. The SMILES string of the molecule is C=Cn1c[n+](CC(=O)Nc2cccc(F)c2)c2ccccc21. The van der Waals surface area contributed by atoms with E-state index in [4.69, 9.17) is 0 Å². The third-order valence-electron chi connectivity index (χ3n) is 3.35. The lowest BCUT2D eigenvalue weighted by atomic mass is 10.3. The second kappa shape index (κ2) is 5.81. The van der Waals surface area contributed by atoms with E-state index in [1.807, 2.05) is 39.7 Å². The van der Waals surface area contributed by atoms with Crippen molar-refractivity contribution >= 4 is 28.8 Å². The molecule has 0 radical (unpaired) electrons. The zero-order valence-electron chi connectivity index (χ0n) is 11.9. The molecule has 0 atom stereocenters. The maximum atomic E-state index is 13.1. The lowest BCUT2D eigenvalue weighted by molar-refractivity contribution is -0.658. The highest BCUT2D eigenvalue weighted by atomic mass is 19.1. The highest BCUT2D eigenvalue weighted by Crippen LogP contribution is 2.11. The number of imidazole rings is 1. The first-order valence-electron chi connectivity index (χ1n) is 6.84. The lowest BCUT2D eigenvalue weighted by Gasteiger charge is -2.03. The second-order valence-electron chi connectivity index (χ2n) is 4.88. The zero-order chi connectivity index (χ0) is 15.5. The Labute approximate surface area is 127 Å². The number of anilines is 1. The Hall–Kier alpha value is -2.95. The number of halogens is 1. The van der Waals surface area contributed by atoms with E-state index in [2.05, 4.69) is 11.9 Å². The Morgan fingerprint density at radius 1 is 1.27 bits per heavy atom. The van der Waals surface area contributed by atoms with Crippen molar-refractivity contribution in [3.05, 3.63) is 67.3 Å². The number of carbonyl (C=O) groups excluding carboxylic acids is 1. The summed E-state index contributed by atoms with van der Waals surface area (Å²) in [5, 5.41) is 2.69. The summed E-state index contributed by atoms with van der Waals surface area (Å²) in [5.74, 6) is -0.601. The van der Waals surface area contributed by atoms with Gasteiger partial charge in [0.25, 0.3) is 5.91 Å². The van der Waals surface area contributed by atoms with Crippen LogP contribution in [0.4, 0.5) is 10.1 Å². The van der Waals surface area contributed by atoms with Gasteiger partial charge in [0.1, 0.15) is 5.82 Å². The molecule has 0 aliphatic carbocycles. The van der Waals surface area contributed by atoms with Crippen LogP contribution >= 0.6 is 0 Å². The Morgan fingerprint density at radius 2 is 2.09 bits per heavy atom. The van der Waals surface area contributed by atoms with E-state index in [1.165, 1.54) is 12.1 Å². The number of benzene rings is 2. The fourth-order valence-electron chi connectivity index (χ4n) is 2.39. The van der Waals surface area contributed by atoms with Crippen LogP contribution in [0.5, 0.6) is 0 Å². The third kappa shape index (κ3) is 2.74. The number of amides is 1. The quantitative estimate of drug-likeness (QED) is 0.739. The molecule has 0 unspecified atom stereocenters.